The fourth-order valence-electron chi connectivity index (χ4n) is 2.83. The summed E-state index contributed by atoms with van der Waals surface area (Å²) in [5.74, 6) is -0.688. The summed E-state index contributed by atoms with van der Waals surface area (Å²) in [6.45, 7) is 2.18. The Kier molecular flexibility index (Phi) is 7.45. The van der Waals surface area contributed by atoms with Crippen LogP contribution in [0.15, 0.2) is 42.5 Å². The van der Waals surface area contributed by atoms with E-state index in [9.17, 15) is 23.1 Å². The number of rotatable bonds is 9. The minimum atomic E-state index is -4.36. The third-order valence-electron chi connectivity index (χ3n) is 4.48. The molecule has 0 aliphatic rings. The molecule has 0 fully saturated rings. The van der Waals surface area contributed by atoms with Crippen LogP contribution < -0.4 is 4.74 Å². The van der Waals surface area contributed by atoms with Gasteiger partial charge in [-0.1, -0.05) is 25.1 Å². The van der Waals surface area contributed by atoms with Crippen LogP contribution in [0.4, 0.5) is 13.2 Å². The van der Waals surface area contributed by atoms with E-state index >= 15 is 0 Å². The van der Waals surface area contributed by atoms with Gasteiger partial charge in [0.15, 0.2) is 0 Å². The summed E-state index contributed by atoms with van der Waals surface area (Å²) < 4.78 is 48.7. The normalized spacial score (nSPS) is 12.6. The second-order valence-electron chi connectivity index (χ2n) is 6.48. The fraction of sp³-hybridized carbons (Fsp3) is 0.381. The van der Waals surface area contributed by atoms with Crippen molar-refractivity contribution in [2.45, 2.75) is 39.2 Å². The first-order valence-corrected chi connectivity index (χ1v) is 8.87. The molecular formula is C21H23F3O4. The lowest BCUT2D eigenvalue weighted by Gasteiger charge is -2.14. The van der Waals surface area contributed by atoms with E-state index in [0.717, 1.165) is 23.3 Å². The molecule has 0 heterocycles. The Morgan fingerprint density at radius 1 is 1.07 bits per heavy atom. The van der Waals surface area contributed by atoms with Crippen LogP contribution in [0.2, 0.25) is 0 Å². The van der Waals surface area contributed by atoms with Crippen LogP contribution in [0.3, 0.4) is 0 Å². The predicted molar refractivity (Wildman–Crippen MR) is 98.1 cm³/mol. The average Bonchev–Trinajstić information content (AvgIpc) is 2.65. The van der Waals surface area contributed by atoms with Gasteiger partial charge >= 0.3 is 12.1 Å². The van der Waals surface area contributed by atoms with Crippen LogP contribution in [0.1, 0.15) is 35.6 Å². The quantitative estimate of drug-likeness (QED) is 0.642. The van der Waals surface area contributed by atoms with Crippen molar-refractivity contribution in [3.05, 3.63) is 64.7 Å². The van der Waals surface area contributed by atoms with Gasteiger partial charge in [0.2, 0.25) is 0 Å². The summed E-state index contributed by atoms with van der Waals surface area (Å²) in [4.78, 5) is 11.2. The van der Waals surface area contributed by atoms with E-state index in [1.807, 2.05) is 19.1 Å². The molecule has 0 bridgehead atoms. The van der Waals surface area contributed by atoms with Crippen molar-refractivity contribution in [3.8, 4) is 5.75 Å². The lowest BCUT2D eigenvalue weighted by molar-refractivity contribution is -0.141. The van der Waals surface area contributed by atoms with Gasteiger partial charge in [-0.05, 0) is 48.2 Å². The van der Waals surface area contributed by atoms with Crippen molar-refractivity contribution >= 4 is 5.97 Å². The summed E-state index contributed by atoms with van der Waals surface area (Å²) in [6, 6.07) is 10.2. The number of carbonyl (C=O) groups is 1. The Bertz CT molecular complexity index is 785. The van der Waals surface area contributed by atoms with Gasteiger partial charge in [0.1, 0.15) is 5.75 Å². The Hall–Kier alpha value is -2.54. The van der Waals surface area contributed by atoms with Crippen LogP contribution in [-0.2, 0) is 35.3 Å². The second-order valence-corrected chi connectivity index (χ2v) is 6.48. The summed E-state index contributed by atoms with van der Waals surface area (Å²) in [6.07, 6.45) is -3.43. The average molecular weight is 396 g/mol. The number of alkyl halides is 3. The number of benzene rings is 2. The van der Waals surface area contributed by atoms with Crippen LogP contribution >= 0.6 is 0 Å². The van der Waals surface area contributed by atoms with E-state index < -0.39 is 23.6 Å². The zero-order valence-corrected chi connectivity index (χ0v) is 15.8. The number of ether oxygens (including phenoxy) is 2. The van der Waals surface area contributed by atoms with Crippen molar-refractivity contribution < 1.29 is 32.5 Å². The first kappa shape index (κ1) is 21.8. The van der Waals surface area contributed by atoms with Crippen molar-refractivity contribution in [2.24, 2.45) is 5.92 Å². The highest BCUT2D eigenvalue weighted by Crippen LogP contribution is 2.29. The number of aliphatic carboxylic acids is 1. The molecule has 0 radical (unpaired) electrons. The highest BCUT2D eigenvalue weighted by atomic mass is 19.4. The highest BCUT2D eigenvalue weighted by molar-refractivity contribution is 5.70. The van der Waals surface area contributed by atoms with E-state index in [2.05, 4.69) is 0 Å². The summed E-state index contributed by atoms with van der Waals surface area (Å²) in [5.41, 5.74) is 1.55. The van der Waals surface area contributed by atoms with E-state index in [1.165, 1.54) is 19.2 Å². The molecule has 0 aliphatic heterocycles. The lowest BCUT2D eigenvalue weighted by atomic mass is 9.96. The highest BCUT2D eigenvalue weighted by Gasteiger charge is 2.29. The Labute approximate surface area is 161 Å². The molecule has 0 amide bonds. The van der Waals surface area contributed by atoms with Crippen LogP contribution in [0, 0.1) is 5.92 Å². The van der Waals surface area contributed by atoms with Crippen molar-refractivity contribution in [1.82, 2.24) is 0 Å². The molecule has 1 atom stereocenters. The molecule has 152 valence electrons. The van der Waals surface area contributed by atoms with Crippen molar-refractivity contribution in [1.29, 1.82) is 0 Å². The van der Waals surface area contributed by atoms with Gasteiger partial charge in [-0.3, -0.25) is 4.79 Å². The van der Waals surface area contributed by atoms with E-state index in [4.69, 9.17) is 9.47 Å². The first-order chi connectivity index (χ1) is 13.2. The molecule has 0 spiro atoms. The van der Waals surface area contributed by atoms with Gasteiger partial charge < -0.3 is 14.6 Å². The Morgan fingerprint density at radius 2 is 1.71 bits per heavy atom. The molecule has 4 nitrogen and oxygen atoms in total. The van der Waals surface area contributed by atoms with Crippen LogP contribution in [-0.4, -0.2) is 18.2 Å². The Morgan fingerprint density at radius 3 is 2.25 bits per heavy atom. The molecule has 7 heteroatoms. The van der Waals surface area contributed by atoms with Gasteiger partial charge in [-0.15, -0.1) is 0 Å². The van der Waals surface area contributed by atoms with Crippen molar-refractivity contribution in [2.75, 3.05) is 7.11 Å². The zero-order chi connectivity index (χ0) is 20.7. The molecule has 2 aromatic rings. The molecule has 1 N–H and O–H groups in total. The van der Waals surface area contributed by atoms with E-state index in [0.29, 0.717) is 24.2 Å². The van der Waals surface area contributed by atoms with E-state index in [1.54, 1.807) is 6.07 Å². The number of hydrogen-bond acceptors (Lipinski definition) is 3. The predicted octanol–water partition coefficient (Wildman–Crippen LogP) is 5.08. The minimum Gasteiger partial charge on any atom is -0.496 e. The maximum Gasteiger partial charge on any atom is 0.416 e. The topological polar surface area (TPSA) is 55.8 Å². The molecule has 28 heavy (non-hydrogen) atoms. The minimum absolute atomic E-state index is 0.151. The molecule has 0 saturated heterocycles. The standard InChI is InChI=1S/C21H23F3O4/c1-3-16(20(25)26)10-15-6-9-19(27-2)17(11-15)13-28-12-14-4-7-18(8-5-14)21(22,23)24/h4-9,11,16H,3,10,12-13H2,1-2H3,(H,25,26). The van der Waals surface area contributed by atoms with Crippen molar-refractivity contribution in [3.63, 3.8) is 0 Å². The number of halogens is 3. The van der Waals surface area contributed by atoms with Crippen LogP contribution in [0.5, 0.6) is 5.75 Å². The molecule has 0 aliphatic carbocycles. The van der Waals surface area contributed by atoms with E-state index in [-0.39, 0.29) is 13.2 Å². The van der Waals surface area contributed by atoms with Gasteiger partial charge in [0.25, 0.3) is 0 Å². The van der Waals surface area contributed by atoms with Crippen LogP contribution in [0.25, 0.3) is 0 Å². The molecular weight excluding hydrogens is 373 g/mol. The lowest BCUT2D eigenvalue weighted by Crippen LogP contribution is -2.15. The van der Waals surface area contributed by atoms with Gasteiger partial charge in [-0.25, -0.2) is 0 Å². The monoisotopic (exact) mass is 396 g/mol. The second kappa shape index (κ2) is 9.59. The summed E-state index contributed by atoms with van der Waals surface area (Å²) in [5, 5.41) is 9.22. The largest absolute Gasteiger partial charge is 0.496 e. The SMILES string of the molecule is CCC(Cc1ccc(OC)c(COCc2ccc(C(F)(F)F)cc2)c1)C(=O)O. The number of methoxy groups -OCH3 is 1. The number of carboxylic acid groups (broad SMARTS) is 1. The third-order valence-corrected chi connectivity index (χ3v) is 4.48. The number of carboxylic acids is 1. The molecule has 2 aromatic carbocycles. The molecule has 1 unspecified atom stereocenters. The molecule has 0 aromatic heterocycles. The van der Waals surface area contributed by atoms with Gasteiger partial charge in [0, 0.05) is 5.56 Å². The summed E-state index contributed by atoms with van der Waals surface area (Å²) >= 11 is 0. The molecule has 2 rings (SSSR count). The number of hydrogen-bond donors (Lipinski definition) is 1. The first-order valence-electron chi connectivity index (χ1n) is 8.87. The zero-order valence-electron chi connectivity index (χ0n) is 15.8. The van der Waals surface area contributed by atoms with Gasteiger partial charge in [0.05, 0.1) is 31.8 Å². The smallest absolute Gasteiger partial charge is 0.416 e. The Balaban J connectivity index is 2.02. The summed E-state index contributed by atoms with van der Waals surface area (Å²) in [7, 11) is 1.53. The maximum absolute atomic E-state index is 12.6. The van der Waals surface area contributed by atoms with Gasteiger partial charge in [-0.2, -0.15) is 13.2 Å². The third kappa shape index (κ3) is 5.99. The maximum atomic E-state index is 12.6. The molecule has 0 saturated carbocycles. The fourth-order valence-corrected chi connectivity index (χ4v) is 2.83.